The lowest BCUT2D eigenvalue weighted by Gasteiger charge is -2.32. The summed E-state index contributed by atoms with van der Waals surface area (Å²) in [7, 11) is 0. The lowest BCUT2D eigenvalue weighted by molar-refractivity contribution is 0.196. The lowest BCUT2D eigenvalue weighted by Crippen LogP contribution is -2.20. The Kier molecular flexibility index (Phi) is 2.03. The van der Waals surface area contributed by atoms with Gasteiger partial charge in [0.25, 0.3) is 0 Å². The number of rotatable bonds is 1. The fraction of sp³-hybridized carbons (Fsp3) is 1.00. The zero-order chi connectivity index (χ0) is 10.9. The topological polar surface area (TPSA) is 0 Å². The van der Waals surface area contributed by atoms with Crippen molar-refractivity contribution < 1.29 is 4.11 Å². The third-order valence-electron chi connectivity index (χ3n) is 3.52. The summed E-state index contributed by atoms with van der Waals surface area (Å²) in [4.78, 5) is 0. The van der Waals surface area contributed by atoms with E-state index in [9.17, 15) is 0 Å². The van der Waals surface area contributed by atoms with E-state index in [2.05, 4.69) is 0 Å². The standard InChI is InChI=1S/C12H22/c1-3-7-11(8-4-1)12-9-5-2-6-10-12/h11-12H,1-10H2/i1D,3D2. The predicted octanol–water partition coefficient (Wildman–Crippen LogP) is 4.15. The van der Waals surface area contributed by atoms with Gasteiger partial charge in [0, 0.05) is 4.11 Å². The Labute approximate surface area is 81.0 Å². The van der Waals surface area contributed by atoms with E-state index in [1.54, 1.807) is 0 Å². The molecule has 0 N–H and O–H groups in total. The molecule has 0 heteroatoms. The first-order valence-electron chi connectivity index (χ1n) is 7.09. The fourth-order valence-electron chi connectivity index (χ4n) is 2.74. The zero-order valence-corrected chi connectivity index (χ0v) is 7.89. The molecule has 0 radical (unpaired) electrons. The van der Waals surface area contributed by atoms with Crippen LogP contribution in [-0.2, 0) is 0 Å². The largest absolute Gasteiger partial charge is 0.0533 e. The van der Waals surface area contributed by atoms with Crippen molar-refractivity contribution in [1.82, 2.24) is 0 Å². The van der Waals surface area contributed by atoms with E-state index in [4.69, 9.17) is 4.11 Å². The summed E-state index contributed by atoms with van der Waals surface area (Å²) in [6, 6.07) is 0. The van der Waals surface area contributed by atoms with Crippen LogP contribution >= 0.6 is 0 Å². The molecule has 0 heterocycles. The van der Waals surface area contributed by atoms with E-state index in [0.29, 0.717) is 12.3 Å². The van der Waals surface area contributed by atoms with E-state index < -0.39 is 12.8 Å². The lowest BCUT2D eigenvalue weighted by atomic mass is 9.73. The predicted molar refractivity (Wildman–Crippen MR) is 53.2 cm³/mol. The van der Waals surface area contributed by atoms with Crippen molar-refractivity contribution in [1.29, 1.82) is 0 Å². The Hall–Kier alpha value is 0. The summed E-state index contributed by atoms with van der Waals surface area (Å²) in [6.07, 6.45) is 7.49. The molecule has 70 valence electrons. The highest BCUT2D eigenvalue weighted by molar-refractivity contribution is 4.76. The van der Waals surface area contributed by atoms with Crippen LogP contribution in [0.1, 0.15) is 68.2 Å². The van der Waals surface area contributed by atoms with Crippen molar-refractivity contribution in [2.45, 2.75) is 64.1 Å². The molecule has 0 aromatic rings. The molecular formula is C12H22. The second kappa shape index (κ2) is 4.30. The number of hydrogen-bond donors (Lipinski definition) is 0. The smallest absolute Gasteiger partial charge is 0.0267 e. The van der Waals surface area contributed by atoms with Gasteiger partial charge in [-0.15, -0.1) is 0 Å². The number of hydrogen-bond acceptors (Lipinski definition) is 0. The van der Waals surface area contributed by atoms with Gasteiger partial charge in [-0.05, 0) is 11.8 Å². The minimum Gasteiger partial charge on any atom is -0.0533 e. The second-order valence-electron chi connectivity index (χ2n) is 4.35. The minimum atomic E-state index is -1.22. The highest BCUT2D eigenvalue weighted by Crippen LogP contribution is 2.37. The molecule has 2 rings (SSSR count). The molecule has 0 bridgehead atoms. The third-order valence-corrected chi connectivity index (χ3v) is 3.52. The average molecular weight is 169 g/mol. The van der Waals surface area contributed by atoms with Crippen LogP contribution in [0.2, 0.25) is 0 Å². The van der Waals surface area contributed by atoms with Crippen LogP contribution in [0.3, 0.4) is 0 Å². The van der Waals surface area contributed by atoms with Crippen molar-refractivity contribution in [3.05, 3.63) is 0 Å². The van der Waals surface area contributed by atoms with Gasteiger partial charge in [-0.3, -0.25) is 0 Å². The summed E-state index contributed by atoms with van der Waals surface area (Å²) in [5, 5.41) is 0. The van der Waals surface area contributed by atoms with E-state index in [1.807, 2.05) is 0 Å². The van der Waals surface area contributed by atoms with E-state index in [-0.39, 0.29) is 0 Å². The molecule has 0 aliphatic heterocycles. The van der Waals surface area contributed by atoms with Gasteiger partial charge in [-0.2, -0.15) is 0 Å². The monoisotopic (exact) mass is 169 g/mol. The third kappa shape index (κ3) is 2.02. The van der Waals surface area contributed by atoms with E-state index in [1.165, 1.54) is 32.1 Å². The molecule has 0 nitrogen and oxygen atoms in total. The SMILES string of the molecule is [2H]C1CCC(C2CCCCC2)CC1([2H])[2H]. The van der Waals surface area contributed by atoms with Crippen LogP contribution in [0.15, 0.2) is 0 Å². The molecule has 0 amide bonds. The Morgan fingerprint density at radius 1 is 0.750 bits per heavy atom. The van der Waals surface area contributed by atoms with Crippen LogP contribution in [0.4, 0.5) is 0 Å². The van der Waals surface area contributed by atoms with E-state index >= 15 is 0 Å². The molecule has 0 saturated heterocycles. The summed E-state index contributed by atoms with van der Waals surface area (Å²) in [5.41, 5.74) is 0. The molecule has 12 heavy (non-hydrogen) atoms. The Morgan fingerprint density at radius 2 is 1.42 bits per heavy atom. The van der Waals surface area contributed by atoms with Crippen molar-refractivity contribution in [3.63, 3.8) is 0 Å². The molecule has 0 spiro atoms. The van der Waals surface area contributed by atoms with Gasteiger partial charge in [0.05, 0.1) is 0 Å². The maximum absolute atomic E-state index is 7.86. The van der Waals surface area contributed by atoms with Gasteiger partial charge in [0.1, 0.15) is 0 Å². The van der Waals surface area contributed by atoms with Crippen molar-refractivity contribution >= 4 is 0 Å². The zero-order valence-electron chi connectivity index (χ0n) is 10.9. The molecular weight excluding hydrogens is 144 g/mol. The molecule has 0 aromatic heterocycles. The summed E-state index contributed by atoms with van der Waals surface area (Å²) in [6.45, 7) is 0. The molecule has 2 saturated carbocycles. The molecule has 0 aromatic carbocycles. The highest BCUT2D eigenvalue weighted by Gasteiger charge is 2.24. The second-order valence-corrected chi connectivity index (χ2v) is 4.35. The maximum Gasteiger partial charge on any atom is 0.0267 e. The van der Waals surface area contributed by atoms with Gasteiger partial charge in [0.2, 0.25) is 0 Å². The van der Waals surface area contributed by atoms with Crippen molar-refractivity contribution in [3.8, 4) is 0 Å². The summed E-state index contributed by atoms with van der Waals surface area (Å²) < 4.78 is 23.4. The van der Waals surface area contributed by atoms with Crippen LogP contribution in [0.25, 0.3) is 0 Å². The first kappa shape index (κ1) is 5.67. The summed E-state index contributed by atoms with van der Waals surface area (Å²) in [5.74, 6) is 1.34. The van der Waals surface area contributed by atoms with Gasteiger partial charge in [-0.1, -0.05) is 64.1 Å². The highest BCUT2D eigenvalue weighted by atomic mass is 14.3. The molecule has 2 fully saturated rings. The molecule has 2 unspecified atom stereocenters. The Balaban J connectivity index is 1.93. The van der Waals surface area contributed by atoms with Gasteiger partial charge >= 0.3 is 0 Å². The van der Waals surface area contributed by atoms with Crippen LogP contribution in [0.5, 0.6) is 0 Å². The first-order chi connectivity index (χ1) is 7.09. The van der Waals surface area contributed by atoms with Crippen LogP contribution in [-0.4, -0.2) is 0 Å². The average Bonchev–Trinajstić information content (AvgIpc) is 2.23. The Bertz CT molecular complexity index is 209. The molecule has 2 aliphatic rings. The summed E-state index contributed by atoms with van der Waals surface area (Å²) >= 11 is 0. The van der Waals surface area contributed by atoms with Gasteiger partial charge in [0.15, 0.2) is 0 Å². The Morgan fingerprint density at radius 3 is 2.17 bits per heavy atom. The molecule has 2 atom stereocenters. The van der Waals surface area contributed by atoms with Crippen molar-refractivity contribution in [2.75, 3.05) is 0 Å². The van der Waals surface area contributed by atoms with Crippen LogP contribution in [0, 0.1) is 11.8 Å². The minimum absolute atomic E-state index is 0.475. The van der Waals surface area contributed by atoms with Crippen molar-refractivity contribution in [2.24, 2.45) is 11.8 Å². The fourth-order valence-corrected chi connectivity index (χ4v) is 2.74. The van der Waals surface area contributed by atoms with Gasteiger partial charge in [-0.25, -0.2) is 0 Å². The first-order valence-corrected chi connectivity index (χ1v) is 5.52. The normalized spacial score (nSPS) is 47.5. The quantitative estimate of drug-likeness (QED) is 0.553. The molecule has 2 aliphatic carbocycles. The van der Waals surface area contributed by atoms with Gasteiger partial charge < -0.3 is 0 Å². The maximum atomic E-state index is 7.86. The van der Waals surface area contributed by atoms with Crippen LogP contribution < -0.4 is 0 Å². The van der Waals surface area contributed by atoms with E-state index in [0.717, 1.165) is 18.8 Å².